The number of hydrogen-bond acceptors (Lipinski definition) is 2. The van der Waals surface area contributed by atoms with Gasteiger partial charge in [0.2, 0.25) is 0 Å². The molecule has 1 amide bonds. The van der Waals surface area contributed by atoms with E-state index in [-0.39, 0.29) is 5.91 Å². The van der Waals surface area contributed by atoms with Crippen molar-refractivity contribution in [3.05, 3.63) is 22.4 Å². The van der Waals surface area contributed by atoms with Crippen LogP contribution in [-0.4, -0.2) is 29.8 Å². The SMILES string of the molecule is O=C(c1cccs1)N1CC(F)(F)C1. The first-order valence-electron chi connectivity index (χ1n) is 3.79. The maximum Gasteiger partial charge on any atom is 0.282 e. The Morgan fingerprint density at radius 3 is 2.69 bits per heavy atom. The number of carbonyl (C=O) groups excluding carboxylic acids is 1. The zero-order valence-electron chi connectivity index (χ0n) is 6.67. The van der Waals surface area contributed by atoms with E-state index in [9.17, 15) is 13.6 Å². The molecule has 0 aromatic carbocycles. The van der Waals surface area contributed by atoms with E-state index in [4.69, 9.17) is 0 Å². The van der Waals surface area contributed by atoms with Gasteiger partial charge in [-0.1, -0.05) is 6.07 Å². The predicted octanol–water partition coefficient (Wildman–Crippen LogP) is 1.84. The molecule has 0 radical (unpaired) electrons. The van der Waals surface area contributed by atoms with Crippen molar-refractivity contribution in [3.63, 3.8) is 0 Å². The Bertz CT molecular complexity index is 315. The van der Waals surface area contributed by atoms with Gasteiger partial charge in [-0.05, 0) is 11.4 Å². The molecule has 0 saturated carbocycles. The molecule has 0 spiro atoms. The van der Waals surface area contributed by atoms with Gasteiger partial charge in [0.25, 0.3) is 11.8 Å². The molecule has 1 aromatic heterocycles. The second-order valence-electron chi connectivity index (χ2n) is 2.99. The highest BCUT2D eigenvalue weighted by atomic mass is 32.1. The summed E-state index contributed by atoms with van der Waals surface area (Å²) in [4.78, 5) is 13.1. The Morgan fingerprint density at radius 1 is 1.54 bits per heavy atom. The normalized spacial score (nSPS) is 19.7. The van der Waals surface area contributed by atoms with Crippen molar-refractivity contribution in [3.8, 4) is 0 Å². The maximum absolute atomic E-state index is 12.4. The van der Waals surface area contributed by atoms with Gasteiger partial charge in [0.1, 0.15) is 0 Å². The van der Waals surface area contributed by atoms with E-state index in [0.29, 0.717) is 4.88 Å². The number of carbonyl (C=O) groups is 1. The Labute approximate surface area is 77.8 Å². The number of amides is 1. The lowest BCUT2D eigenvalue weighted by atomic mass is 10.1. The lowest BCUT2D eigenvalue weighted by molar-refractivity contribution is -0.112. The molecule has 1 saturated heterocycles. The summed E-state index contributed by atoms with van der Waals surface area (Å²) in [6, 6.07) is 3.37. The summed E-state index contributed by atoms with van der Waals surface area (Å²) >= 11 is 1.27. The van der Waals surface area contributed by atoms with E-state index in [0.717, 1.165) is 4.90 Å². The van der Waals surface area contributed by atoms with E-state index in [1.54, 1.807) is 17.5 Å². The number of alkyl halides is 2. The lowest BCUT2D eigenvalue weighted by Crippen LogP contribution is -2.58. The predicted molar refractivity (Wildman–Crippen MR) is 45.2 cm³/mol. The Kier molecular flexibility index (Phi) is 1.83. The molecule has 1 aliphatic rings. The number of rotatable bonds is 1. The van der Waals surface area contributed by atoms with Gasteiger partial charge in [0.05, 0.1) is 18.0 Å². The van der Waals surface area contributed by atoms with E-state index in [2.05, 4.69) is 0 Å². The van der Waals surface area contributed by atoms with Crippen LogP contribution < -0.4 is 0 Å². The molecule has 0 N–H and O–H groups in total. The third-order valence-electron chi connectivity index (χ3n) is 1.86. The number of thiophene rings is 1. The molecule has 70 valence electrons. The minimum atomic E-state index is -2.67. The van der Waals surface area contributed by atoms with Crippen molar-refractivity contribution >= 4 is 17.2 Å². The summed E-state index contributed by atoms with van der Waals surface area (Å²) in [7, 11) is 0. The quantitative estimate of drug-likeness (QED) is 0.682. The van der Waals surface area contributed by atoms with Crippen LogP contribution in [0.2, 0.25) is 0 Å². The smallest absolute Gasteiger partial charge is 0.282 e. The minimum Gasteiger partial charge on any atom is -0.326 e. The van der Waals surface area contributed by atoms with Crippen LogP contribution in [0.5, 0.6) is 0 Å². The molecule has 1 aromatic rings. The highest BCUT2D eigenvalue weighted by Crippen LogP contribution is 2.28. The van der Waals surface area contributed by atoms with Crippen LogP contribution >= 0.6 is 11.3 Å². The second-order valence-corrected chi connectivity index (χ2v) is 3.94. The van der Waals surface area contributed by atoms with Gasteiger partial charge < -0.3 is 4.90 Å². The highest BCUT2D eigenvalue weighted by Gasteiger charge is 2.46. The fourth-order valence-electron chi connectivity index (χ4n) is 1.21. The molecule has 0 aliphatic carbocycles. The van der Waals surface area contributed by atoms with Crippen molar-refractivity contribution in [1.29, 1.82) is 0 Å². The average Bonchev–Trinajstić information content (AvgIpc) is 2.50. The third kappa shape index (κ3) is 1.56. The summed E-state index contributed by atoms with van der Waals surface area (Å²) in [6.45, 7) is -0.881. The molecule has 1 aliphatic heterocycles. The molecule has 2 heterocycles. The fourth-order valence-corrected chi connectivity index (χ4v) is 1.90. The first-order valence-corrected chi connectivity index (χ1v) is 4.67. The minimum absolute atomic E-state index is 0.291. The standard InChI is InChI=1S/C8H7F2NOS/c9-8(10)4-11(5-8)7(12)6-2-1-3-13-6/h1-3H,4-5H2. The molecule has 0 bridgehead atoms. The molecule has 5 heteroatoms. The summed E-state index contributed by atoms with van der Waals surface area (Å²) < 4.78 is 24.8. The van der Waals surface area contributed by atoms with Gasteiger partial charge in [0.15, 0.2) is 0 Å². The molecule has 0 unspecified atom stereocenters. The Hall–Kier alpha value is -0.970. The third-order valence-corrected chi connectivity index (χ3v) is 2.72. The van der Waals surface area contributed by atoms with Crippen molar-refractivity contribution in [2.75, 3.05) is 13.1 Å². The average molecular weight is 203 g/mol. The van der Waals surface area contributed by atoms with Crippen molar-refractivity contribution < 1.29 is 13.6 Å². The number of likely N-dealkylation sites (tertiary alicyclic amines) is 1. The summed E-state index contributed by atoms with van der Waals surface area (Å²) in [5, 5.41) is 1.76. The molecular weight excluding hydrogens is 196 g/mol. The van der Waals surface area contributed by atoms with Gasteiger partial charge in [0, 0.05) is 0 Å². The molecular formula is C8H7F2NOS. The first kappa shape index (κ1) is 8.62. The number of halogens is 2. The van der Waals surface area contributed by atoms with Crippen molar-refractivity contribution in [1.82, 2.24) is 4.90 Å². The van der Waals surface area contributed by atoms with E-state index in [1.807, 2.05) is 0 Å². The largest absolute Gasteiger partial charge is 0.326 e. The lowest BCUT2D eigenvalue weighted by Gasteiger charge is -2.38. The van der Waals surface area contributed by atoms with Gasteiger partial charge >= 0.3 is 0 Å². The van der Waals surface area contributed by atoms with Crippen LogP contribution in [-0.2, 0) is 0 Å². The number of nitrogens with zero attached hydrogens (tertiary/aromatic N) is 1. The van der Waals surface area contributed by atoms with Crippen LogP contribution in [0.4, 0.5) is 8.78 Å². The van der Waals surface area contributed by atoms with E-state index < -0.39 is 19.0 Å². The summed E-state index contributed by atoms with van der Waals surface area (Å²) in [6.07, 6.45) is 0. The monoisotopic (exact) mass is 203 g/mol. The second kappa shape index (κ2) is 2.77. The van der Waals surface area contributed by atoms with Gasteiger partial charge in [-0.3, -0.25) is 4.79 Å². The summed E-state index contributed by atoms with van der Waals surface area (Å²) in [5.41, 5.74) is 0. The van der Waals surface area contributed by atoms with E-state index >= 15 is 0 Å². The Balaban J connectivity index is 2.02. The maximum atomic E-state index is 12.4. The first-order chi connectivity index (χ1) is 6.08. The number of hydrogen-bond donors (Lipinski definition) is 0. The topological polar surface area (TPSA) is 20.3 Å². The highest BCUT2D eigenvalue weighted by molar-refractivity contribution is 7.12. The molecule has 0 atom stereocenters. The zero-order chi connectivity index (χ0) is 9.47. The van der Waals surface area contributed by atoms with E-state index in [1.165, 1.54) is 11.3 Å². The van der Waals surface area contributed by atoms with Crippen LogP contribution in [0, 0.1) is 0 Å². The van der Waals surface area contributed by atoms with Crippen LogP contribution in [0.25, 0.3) is 0 Å². The van der Waals surface area contributed by atoms with Gasteiger partial charge in [-0.2, -0.15) is 0 Å². The van der Waals surface area contributed by atoms with Crippen LogP contribution in [0.15, 0.2) is 17.5 Å². The van der Waals surface area contributed by atoms with Crippen molar-refractivity contribution in [2.24, 2.45) is 0 Å². The van der Waals surface area contributed by atoms with Crippen molar-refractivity contribution in [2.45, 2.75) is 5.92 Å². The zero-order valence-corrected chi connectivity index (χ0v) is 7.48. The van der Waals surface area contributed by atoms with Crippen LogP contribution in [0.3, 0.4) is 0 Å². The Morgan fingerprint density at radius 2 is 2.23 bits per heavy atom. The fraction of sp³-hybridized carbons (Fsp3) is 0.375. The molecule has 13 heavy (non-hydrogen) atoms. The summed E-state index contributed by atoms with van der Waals surface area (Å²) in [5.74, 6) is -2.96. The van der Waals surface area contributed by atoms with Gasteiger partial charge in [-0.25, -0.2) is 8.78 Å². The molecule has 1 fully saturated rings. The van der Waals surface area contributed by atoms with Crippen LogP contribution in [0.1, 0.15) is 9.67 Å². The molecule has 2 rings (SSSR count). The molecule has 2 nitrogen and oxygen atoms in total. The van der Waals surface area contributed by atoms with Gasteiger partial charge in [-0.15, -0.1) is 11.3 Å².